The van der Waals surface area contributed by atoms with Crippen molar-refractivity contribution in [3.05, 3.63) is 42.7 Å². The summed E-state index contributed by atoms with van der Waals surface area (Å²) < 4.78 is 0. The molecule has 1 fully saturated rings. The normalized spacial score (nSPS) is 16.0. The van der Waals surface area contributed by atoms with Gasteiger partial charge in [0.1, 0.15) is 17.0 Å². The minimum Gasteiger partial charge on any atom is -0.367 e. The fourth-order valence-corrected chi connectivity index (χ4v) is 3.88. The van der Waals surface area contributed by atoms with Gasteiger partial charge in [-0.25, -0.2) is 9.97 Å². The maximum atomic E-state index is 4.47. The van der Waals surface area contributed by atoms with Crippen LogP contribution in [0.15, 0.2) is 42.7 Å². The zero-order chi connectivity index (χ0) is 14.8. The quantitative estimate of drug-likeness (QED) is 0.777. The molecule has 0 bridgehead atoms. The Hall–Kier alpha value is -1.98. The number of piperidine rings is 1. The van der Waals surface area contributed by atoms with Gasteiger partial charge in [-0.05, 0) is 37.6 Å². The Kier molecular flexibility index (Phi) is 3.74. The minimum absolute atomic E-state index is 0.499. The number of rotatable bonds is 3. The third kappa shape index (κ3) is 2.69. The van der Waals surface area contributed by atoms with Crippen LogP contribution in [-0.4, -0.2) is 29.1 Å². The van der Waals surface area contributed by atoms with Gasteiger partial charge in [-0.3, -0.25) is 0 Å². The van der Waals surface area contributed by atoms with Gasteiger partial charge in [0.25, 0.3) is 0 Å². The van der Waals surface area contributed by atoms with Gasteiger partial charge in [0.05, 0.1) is 5.39 Å². The van der Waals surface area contributed by atoms with Gasteiger partial charge in [0.2, 0.25) is 0 Å². The van der Waals surface area contributed by atoms with Crippen molar-refractivity contribution in [3.63, 3.8) is 0 Å². The Morgan fingerprint density at radius 3 is 2.73 bits per heavy atom. The molecule has 0 atom stereocenters. The Bertz CT molecular complexity index is 763. The predicted molar refractivity (Wildman–Crippen MR) is 92.4 cm³/mol. The number of nitrogens with one attached hydrogen (secondary N) is 2. The van der Waals surface area contributed by atoms with E-state index in [9.17, 15) is 0 Å². The average molecular weight is 310 g/mol. The molecule has 5 heteroatoms. The highest BCUT2D eigenvalue weighted by atomic mass is 32.1. The molecule has 1 saturated heterocycles. The first kappa shape index (κ1) is 13.7. The molecular weight excluding hydrogens is 292 g/mol. The minimum atomic E-state index is 0.499. The van der Waals surface area contributed by atoms with E-state index in [1.165, 1.54) is 10.4 Å². The summed E-state index contributed by atoms with van der Waals surface area (Å²) in [6, 6.07) is 13.2. The van der Waals surface area contributed by atoms with E-state index in [1.54, 1.807) is 17.7 Å². The van der Waals surface area contributed by atoms with Crippen LogP contribution >= 0.6 is 11.3 Å². The molecule has 0 amide bonds. The second-order valence-corrected chi connectivity index (χ2v) is 6.62. The summed E-state index contributed by atoms with van der Waals surface area (Å²) in [6.07, 6.45) is 3.94. The van der Waals surface area contributed by atoms with Gasteiger partial charge in [0, 0.05) is 10.9 Å². The number of hydrogen-bond donors (Lipinski definition) is 2. The van der Waals surface area contributed by atoms with E-state index < -0.39 is 0 Å². The molecule has 1 aliphatic heterocycles. The Balaban J connectivity index is 1.69. The second-order valence-electron chi connectivity index (χ2n) is 5.59. The van der Waals surface area contributed by atoms with E-state index in [1.807, 2.05) is 6.07 Å². The lowest BCUT2D eigenvalue weighted by atomic mass is 10.1. The van der Waals surface area contributed by atoms with Gasteiger partial charge in [0.15, 0.2) is 0 Å². The van der Waals surface area contributed by atoms with Crippen LogP contribution in [-0.2, 0) is 0 Å². The van der Waals surface area contributed by atoms with Crippen molar-refractivity contribution in [1.29, 1.82) is 0 Å². The molecule has 3 heterocycles. The lowest BCUT2D eigenvalue weighted by Crippen LogP contribution is -2.35. The van der Waals surface area contributed by atoms with E-state index in [4.69, 9.17) is 0 Å². The van der Waals surface area contributed by atoms with Crippen LogP contribution in [0.3, 0.4) is 0 Å². The van der Waals surface area contributed by atoms with Crippen molar-refractivity contribution >= 4 is 27.4 Å². The zero-order valence-corrected chi connectivity index (χ0v) is 13.1. The summed E-state index contributed by atoms with van der Waals surface area (Å²) in [5, 5.41) is 8.13. The summed E-state index contributed by atoms with van der Waals surface area (Å²) in [5.41, 5.74) is 1.23. The maximum Gasteiger partial charge on any atom is 0.138 e. The number of aromatic nitrogens is 2. The second kappa shape index (κ2) is 6.02. The molecule has 2 aromatic heterocycles. The van der Waals surface area contributed by atoms with Crippen LogP contribution in [0.2, 0.25) is 0 Å². The van der Waals surface area contributed by atoms with Crippen LogP contribution in [0, 0.1) is 0 Å². The molecule has 2 N–H and O–H groups in total. The van der Waals surface area contributed by atoms with Crippen LogP contribution in [0.1, 0.15) is 12.8 Å². The molecule has 0 spiro atoms. The number of benzene rings is 1. The van der Waals surface area contributed by atoms with Gasteiger partial charge >= 0.3 is 0 Å². The smallest absolute Gasteiger partial charge is 0.138 e. The molecule has 0 aliphatic carbocycles. The van der Waals surface area contributed by atoms with E-state index in [0.717, 1.165) is 42.0 Å². The van der Waals surface area contributed by atoms with Crippen molar-refractivity contribution in [1.82, 2.24) is 15.3 Å². The van der Waals surface area contributed by atoms with Crippen LogP contribution < -0.4 is 10.6 Å². The summed E-state index contributed by atoms with van der Waals surface area (Å²) in [4.78, 5) is 11.2. The number of fused-ring (bicyclic) bond motifs is 1. The van der Waals surface area contributed by atoms with Crippen LogP contribution in [0.5, 0.6) is 0 Å². The standard InChI is InChI=1S/C17H18N4S/c1-2-4-12(5-3-1)15-10-14-16(19-11-20-17(14)22-15)21-13-6-8-18-9-7-13/h1-5,10-11,13,18H,6-9H2,(H,19,20,21). The summed E-state index contributed by atoms with van der Waals surface area (Å²) in [5.74, 6) is 0.968. The van der Waals surface area contributed by atoms with Crippen molar-refractivity contribution in [2.45, 2.75) is 18.9 Å². The van der Waals surface area contributed by atoms with Crippen LogP contribution in [0.25, 0.3) is 20.7 Å². The largest absolute Gasteiger partial charge is 0.367 e. The Morgan fingerprint density at radius 1 is 1.09 bits per heavy atom. The SMILES string of the molecule is c1ccc(-c2cc3c(NC4CCNCC4)ncnc3s2)cc1. The number of hydrogen-bond acceptors (Lipinski definition) is 5. The van der Waals surface area contributed by atoms with Gasteiger partial charge in [-0.1, -0.05) is 30.3 Å². The fourth-order valence-electron chi connectivity index (χ4n) is 2.87. The van der Waals surface area contributed by atoms with Gasteiger partial charge in [-0.15, -0.1) is 11.3 Å². The first-order valence-electron chi connectivity index (χ1n) is 7.67. The first-order chi connectivity index (χ1) is 10.9. The average Bonchev–Trinajstić information content (AvgIpc) is 3.02. The molecule has 3 aromatic rings. The van der Waals surface area contributed by atoms with E-state index in [-0.39, 0.29) is 0 Å². The Morgan fingerprint density at radius 2 is 1.91 bits per heavy atom. The molecule has 4 rings (SSSR count). The number of anilines is 1. The maximum absolute atomic E-state index is 4.47. The topological polar surface area (TPSA) is 49.8 Å². The monoisotopic (exact) mass is 310 g/mol. The first-order valence-corrected chi connectivity index (χ1v) is 8.49. The highest BCUT2D eigenvalue weighted by Gasteiger charge is 2.16. The molecule has 0 radical (unpaired) electrons. The molecule has 1 aromatic carbocycles. The molecule has 4 nitrogen and oxygen atoms in total. The highest BCUT2D eigenvalue weighted by Crippen LogP contribution is 2.35. The van der Waals surface area contributed by atoms with E-state index in [0.29, 0.717) is 6.04 Å². The fraction of sp³-hybridized carbons (Fsp3) is 0.294. The van der Waals surface area contributed by atoms with E-state index >= 15 is 0 Å². The molecule has 0 unspecified atom stereocenters. The van der Waals surface area contributed by atoms with Crippen molar-refractivity contribution in [3.8, 4) is 10.4 Å². The molecule has 1 aliphatic rings. The van der Waals surface area contributed by atoms with Gasteiger partial charge in [-0.2, -0.15) is 0 Å². The molecule has 22 heavy (non-hydrogen) atoms. The lowest BCUT2D eigenvalue weighted by molar-refractivity contribution is 0.478. The van der Waals surface area contributed by atoms with Crippen molar-refractivity contribution < 1.29 is 0 Å². The zero-order valence-electron chi connectivity index (χ0n) is 12.2. The lowest BCUT2D eigenvalue weighted by Gasteiger charge is -2.24. The van der Waals surface area contributed by atoms with Crippen LogP contribution in [0.4, 0.5) is 5.82 Å². The predicted octanol–water partition coefficient (Wildman–Crippen LogP) is 3.52. The van der Waals surface area contributed by atoms with E-state index in [2.05, 4.69) is 50.9 Å². The molecular formula is C17H18N4S. The number of thiophene rings is 1. The van der Waals surface area contributed by atoms with Crippen molar-refractivity contribution in [2.24, 2.45) is 0 Å². The third-order valence-electron chi connectivity index (χ3n) is 4.07. The summed E-state index contributed by atoms with van der Waals surface area (Å²) in [7, 11) is 0. The Labute approximate surface area is 133 Å². The molecule has 0 saturated carbocycles. The highest BCUT2D eigenvalue weighted by molar-refractivity contribution is 7.21. The van der Waals surface area contributed by atoms with Gasteiger partial charge < -0.3 is 10.6 Å². The van der Waals surface area contributed by atoms with Crippen molar-refractivity contribution in [2.75, 3.05) is 18.4 Å². The summed E-state index contributed by atoms with van der Waals surface area (Å²) >= 11 is 1.72. The summed E-state index contributed by atoms with van der Waals surface area (Å²) in [6.45, 7) is 2.15. The number of nitrogens with zero attached hydrogens (tertiary/aromatic N) is 2. The molecule has 112 valence electrons. The third-order valence-corrected chi connectivity index (χ3v) is 5.16.